The summed E-state index contributed by atoms with van der Waals surface area (Å²) in [5.41, 5.74) is 0.481. The summed E-state index contributed by atoms with van der Waals surface area (Å²) < 4.78 is 23.1. The molecule has 0 bridgehead atoms. The molecule has 0 aromatic heterocycles. The Labute approximate surface area is 182 Å². The van der Waals surface area contributed by atoms with E-state index < -0.39 is 0 Å². The van der Waals surface area contributed by atoms with Crippen molar-refractivity contribution in [2.24, 2.45) is 5.92 Å². The first-order chi connectivity index (χ1) is 14.5. The minimum absolute atomic E-state index is 0.0929. The van der Waals surface area contributed by atoms with Crippen molar-refractivity contribution < 1.29 is 28.5 Å². The minimum atomic E-state index is -0.384. The molecule has 0 saturated heterocycles. The quantitative estimate of drug-likeness (QED) is 0.588. The van der Waals surface area contributed by atoms with Gasteiger partial charge in [-0.2, -0.15) is 0 Å². The zero-order valence-corrected chi connectivity index (χ0v) is 18.0. The molecule has 1 saturated carbocycles. The lowest BCUT2D eigenvalue weighted by atomic mass is 9.80. The van der Waals surface area contributed by atoms with E-state index in [1.54, 1.807) is 49.6 Å². The van der Waals surface area contributed by atoms with Gasteiger partial charge in [0, 0.05) is 17.0 Å². The Balaban J connectivity index is 1.39. The summed E-state index contributed by atoms with van der Waals surface area (Å²) in [7, 11) is 1.57. The molecule has 2 aromatic carbocycles. The fraction of sp³-hybridized carbons (Fsp3) is 0.304. The summed E-state index contributed by atoms with van der Waals surface area (Å²) in [6.45, 7) is 0. The summed E-state index contributed by atoms with van der Waals surface area (Å²) >= 11 is 3.37. The molecule has 3 atom stereocenters. The first kappa shape index (κ1) is 20.5. The lowest BCUT2D eigenvalue weighted by molar-refractivity contribution is -0.132. The number of carbonyl (C=O) groups excluding carboxylic acids is 2. The number of methoxy groups -OCH3 is 1. The first-order valence-corrected chi connectivity index (χ1v) is 10.5. The van der Waals surface area contributed by atoms with Crippen molar-refractivity contribution >= 4 is 27.7 Å². The Hall–Kier alpha value is -2.80. The van der Waals surface area contributed by atoms with Crippen LogP contribution in [0.3, 0.4) is 0 Å². The molecule has 0 spiro atoms. The van der Waals surface area contributed by atoms with Crippen molar-refractivity contribution in [1.82, 2.24) is 0 Å². The smallest absolute Gasteiger partial charge is 0.339 e. The molecule has 1 aliphatic carbocycles. The van der Waals surface area contributed by atoms with E-state index in [1.165, 1.54) is 6.26 Å². The van der Waals surface area contributed by atoms with Gasteiger partial charge in [-0.25, -0.2) is 4.79 Å². The van der Waals surface area contributed by atoms with Gasteiger partial charge in [-0.1, -0.05) is 18.2 Å². The van der Waals surface area contributed by atoms with Crippen LogP contribution < -0.4 is 9.47 Å². The highest BCUT2D eigenvalue weighted by Crippen LogP contribution is 2.36. The Morgan fingerprint density at radius 1 is 1.10 bits per heavy atom. The molecular formula is C23H21BrO6. The van der Waals surface area contributed by atoms with Gasteiger partial charge in [0.15, 0.2) is 0 Å². The highest BCUT2D eigenvalue weighted by atomic mass is 79.9. The van der Waals surface area contributed by atoms with Crippen molar-refractivity contribution in [2.45, 2.75) is 31.5 Å². The van der Waals surface area contributed by atoms with Gasteiger partial charge in [0.2, 0.25) is 11.5 Å². The number of allylic oxidation sites excluding steroid dienone is 1. The molecule has 7 heteroatoms. The minimum Gasteiger partial charge on any atom is -0.497 e. The molecule has 0 N–H and O–H groups in total. The number of fused-ring (bicyclic) bond motifs is 1. The first-order valence-electron chi connectivity index (χ1n) is 9.72. The highest BCUT2D eigenvalue weighted by molar-refractivity contribution is 9.10. The molecule has 156 valence electrons. The van der Waals surface area contributed by atoms with Gasteiger partial charge in [0.1, 0.15) is 30.0 Å². The average molecular weight is 473 g/mol. The second-order valence-corrected chi connectivity index (χ2v) is 8.08. The number of ether oxygens (including phenoxy) is 4. The number of esters is 1. The predicted molar refractivity (Wildman–Crippen MR) is 112 cm³/mol. The maximum Gasteiger partial charge on any atom is 0.339 e. The van der Waals surface area contributed by atoms with E-state index in [1.807, 2.05) is 6.07 Å². The summed E-state index contributed by atoms with van der Waals surface area (Å²) in [6.07, 6.45) is 2.36. The normalized spacial score (nSPS) is 22.9. The second kappa shape index (κ2) is 8.92. The largest absolute Gasteiger partial charge is 0.497 e. The highest BCUT2D eigenvalue weighted by Gasteiger charge is 2.42. The third-order valence-corrected chi connectivity index (χ3v) is 6.00. The Bertz CT molecular complexity index is 985. The van der Waals surface area contributed by atoms with E-state index in [4.69, 9.17) is 18.9 Å². The SMILES string of the molecule is COc1cccc(OC2=COC3CC(OC(=O)c4ccccc4Br)CCC3C2=O)c1. The standard InChI is InChI=1S/C23H21BrO6/c1-27-14-5-4-6-15(11-14)29-21-13-28-20-12-16(9-10-18(20)22(21)25)30-23(26)17-7-2-3-8-19(17)24/h2-8,11,13,16,18,20H,9-10,12H2,1H3. The molecule has 2 aliphatic rings. The third-order valence-electron chi connectivity index (χ3n) is 5.31. The maximum absolute atomic E-state index is 12.9. The van der Waals surface area contributed by atoms with Gasteiger partial charge in [-0.3, -0.25) is 4.79 Å². The lowest BCUT2D eigenvalue weighted by Crippen LogP contribution is -2.43. The number of hydrogen-bond acceptors (Lipinski definition) is 6. The average Bonchev–Trinajstić information content (AvgIpc) is 2.76. The van der Waals surface area contributed by atoms with Gasteiger partial charge < -0.3 is 18.9 Å². The lowest BCUT2D eigenvalue weighted by Gasteiger charge is -2.36. The Kier molecular flexibility index (Phi) is 6.08. The molecule has 0 radical (unpaired) electrons. The van der Waals surface area contributed by atoms with Gasteiger partial charge in [-0.05, 0) is 53.0 Å². The molecule has 30 heavy (non-hydrogen) atoms. The third kappa shape index (κ3) is 4.36. The molecule has 4 rings (SSSR count). The van der Waals surface area contributed by atoms with E-state index in [2.05, 4.69) is 15.9 Å². The summed E-state index contributed by atoms with van der Waals surface area (Å²) in [5.74, 6) is 0.534. The maximum atomic E-state index is 12.9. The number of ketones is 1. The number of Topliss-reactive ketones (excluding diaryl/α,β-unsaturated/α-hetero) is 1. The van der Waals surface area contributed by atoms with E-state index in [-0.39, 0.29) is 35.6 Å². The van der Waals surface area contributed by atoms with Crippen LogP contribution >= 0.6 is 15.9 Å². The van der Waals surface area contributed by atoms with Crippen molar-refractivity contribution in [3.8, 4) is 11.5 Å². The second-order valence-electron chi connectivity index (χ2n) is 7.23. The van der Waals surface area contributed by atoms with Crippen LogP contribution in [0.4, 0.5) is 0 Å². The molecular weight excluding hydrogens is 452 g/mol. The molecule has 3 unspecified atom stereocenters. The van der Waals surface area contributed by atoms with Crippen LogP contribution in [0.2, 0.25) is 0 Å². The van der Waals surface area contributed by atoms with E-state index in [9.17, 15) is 9.59 Å². The zero-order chi connectivity index (χ0) is 21.1. The topological polar surface area (TPSA) is 71.1 Å². The number of rotatable bonds is 5. The van der Waals surface area contributed by atoms with Crippen LogP contribution in [0.5, 0.6) is 11.5 Å². The van der Waals surface area contributed by atoms with E-state index in [0.29, 0.717) is 40.8 Å². The summed E-state index contributed by atoms with van der Waals surface area (Å²) in [5, 5.41) is 0. The van der Waals surface area contributed by atoms with E-state index >= 15 is 0 Å². The molecule has 1 fully saturated rings. The summed E-state index contributed by atoms with van der Waals surface area (Å²) in [4.78, 5) is 25.4. The van der Waals surface area contributed by atoms with Gasteiger partial charge >= 0.3 is 5.97 Å². The van der Waals surface area contributed by atoms with Gasteiger partial charge in [-0.15, -0.1) is 0 Å². The van der Waals surface area contributed by atoms with Crippen LogP contribution in [-0.4, -0.2) is 31.1 Å². The zero-order valence-electron chi connectivity index (χ0n) is 16.4. The van der Waals surface area contributed by atoms with Crippen molar-refractivity contribution in [1.29, 1.82) is 0 Å². The molecule has 1 heterocycles. The fourth-order valence-electron chi connectivity index (χ4n) is 3.75. The van der Waals surface area contributed by atoms with Crippen LogP contribution in [0.15, 0.2) is 65.0 Å². The number of carbonyl (C=O) groups is 2. The van der Waals surface area contributed by atoms with Crippen LogP contribution in [0, 0.1) is 5.92 Å². The molecule has 6 nitrogen and oxygen atoms in total. The van der Waals surface area contributed by atoms with Crippen molar-refractivity contribution in [3.63, 3.8) is 0 Å². The summed E-state index contributed by atoms with van der Waals surface area (Å²) in [6, 6.07) is 14.2. The number of halogens is 1. The Morgan fingerprint density at radius 3 is 2.70 bits per heavy atom. The number of hydrogen-bond donors (Lipinski definition) is 0. The molecule has 2 aromatic rings. The fourth-order valence-corrected chi connectivity index (χ4v) is 4.19. The van der Waals surface area contributed by atoms with Crippen molar-refractivity contribution in [3.05, 3.63) is 70.6 Å². The Morgan fingerprint density at radius 2 is 1.90 bits per heavy atom. The van der Waals surface area contributed by atoms with Crippen LogP contribution in [-0.2, 0) is 14.3 Å². The van der Waals surface area contributed by atoms with Gasteiger partial charge in [0.05, 0.1) is 18.6 Å². The number of benzene rings is 2. The van der Waals surface area contributed by atoms with Gasteiger partial charge in [0.25, 0.3) is 0 Å². The van der Waals surface area contributed by atoms with Crippen LogP contribution in [0.25, 0.3) is 0 Å². The van der Waals surface area contributed by atoms with Crippen LogP contribution in [0.1, 0.15) is 29.6 Å². The molecule has 1 aliphatic heterocycles. The monoisotopic (exact) mass is 472 g/mol. The predicted octanol–water partition coefficient (Wildman–Crippen LogP) is 4.67. The van der Waals surface area contributed by atoms with E-state index in [0.717, 1.165) is 0 Å². The molecule has 0 amide bonds. The van der Waals surface area contributed by atoms with Crippen molar-refractivity contribution in [2.75, 3.05) is 7.11 Å².